The van der Waals surface area contributed by atoms with Crippen molar-refractivity contribution >= 4 is 29.1 Å². The molecule has 6 nitrogen and oxygen atoms in total. The second kappa shape index (κ2) is 5.20. The molecule has 1 atom stereocenters. The number of carbonyl (C=O) groups excluding carboxylic acids is 1. The zero-order valence-electron chi connectivity index (χ0n) is 10.0. The molecule has 1 aromatic heterocycles. The molecule has 2 aliphatic rings. The molecule has 1 amide bonds. The van der Waals surface area contributed by atoms with Gasteiger partial charge >= 0.3 is 0 Å². The summed E-state index contributed by atoms with van der Waals surface area (Å²) in [6, 6.07) is 0. The van der Waals surface area contributed by atoms with Crippen LogP contribution in [0.1, 0.15) is 11.3 Å². The molecule has 3 heterocycles. The van der Waals surface area contributed by atoms with Gasteiger partial charge in [-0.2, -0.15) is 0 Å². The maximum atomic E-state index is 12.3. The third-order valence-corrected chi connectivity index (χ3v) is 3.70. The zero-order chi connectivity index (χ0) is 13.4. The quantitative estimate of drug-likeness (QED) is 0.608. The first-order chi connectivity index (χ1) is 9.15. The van der Waals surface area contributed by atoms with Crippen molar-refractivity contribution in [3.8, 4) is 0 Å². The SMILES string of the molecule is O=C(C1CNCCO1)N1Cc2nc(Cl)nc(Cl)c2C1. The third kappa shape index (κ3) is 2.53. The van der Waals surface area contributed by atoms with Crippen LogP contribution in [0.25, 0.3) is 0 Å². The van der Waals surface area contributed by atoms with Gasteiger partial charge in [0.05, 0.1) is 25.4 Å². The number of amides is 1. The van der Waals surface area contributed by atoms with E-state index in [2.05, 4.69) is 15.3 Å². The Morgan fingerprint density at radius 2 is 2.21 bits per heavy atom. The Hall–Kier alpha value is -0.950. The van der Waals surface area contributed by atoms with E-state index in [1.54, 1.807) is 4.90 Å². The molecule has 1 N–H and O–H groups in total. The summed E-state index contributed by atoms with van der Waals surface area (Å²) in [4.78, 5) is 22.0. The lowest BCUT2D eigenvalue weighted by atomic mass is 10.2. The normalized spacial score (nSPS) is 22.4. The van der Waals surface area contributed by atoms with Crippen LogP contribution in [0.15, 0.2) is 0 Å². The summed E-state index contributed by atoms with van der Waals surface area (Å²) in [6.45, 7) is 2.66. The summed E-state index contributed by atoms with van der Waals surface area (Å²) in [5, 5.41) is 3.55. The number of halogens is 2. The molecular weight excluding hydrogens is 291 g/mol. The molecule has 0 saturated carbocycles. The van der Waals surface area contributed by atoms with E-state index >= 15 is 0 Å². The van der Waals surface area contributed by atoms with Crippen molar-refractivity contribution in [2.45, 2.75) is 19.2 Å². The summed E-state index contributed by atoms with van der Waals surface area (Å²) >= 11 is 11.8. The van der Waals surface area contributed by atoms with E-state index in [-0.39, 0.29) is 11.2 Å². The fourth-order valence-electron chi connectivity index (χ4n) is 2.27. The number of morpholine rings is 1. The Labute approximate surface area is 120 Å². The highest BCUT2D eigenvalue weighted by atomic mass is 35.5. The van der Waals surface area contributed by atoms with Crippen LogP contribution in [-0.4, -0.2) is 46.6 Å². The lowest BCUT2D eigenvalue weighted by molar-refractivity contribution is -0.145. The zero-order valence-corrected chi connectivity index (χ0v) is 11.5. The molecule has 0 bridgehead atoms. The van der Waals surface area contributed by atoms with Gasteiger partial charge in [-0.3, -0.25) is 4.79 Å². The van der Waals surface area contributed by atoms with Crippen LogP contribution in [0.2, 0.25) is 10.4 Å². The van der Waals surface area contributed by atoms with Crippen molar-refractivity contribution in [3.05, 3.63) is 21.7 Å². The summed E-state index contributed by atoms with van der Waals surface area (Å²) in [5.74, 6) is -0.0580. The summed E-state index contributed by atoms with van der Waals surface area (Å²) in [6.07, 6.45) is -0.440. The fourth-order valence-corrected chi connectivity index (χ4v) is 2.75. The van der Waals surface area contributed by atoms with Gasteiger partial charge in [-0.25, -0.2) is 9.97 Å². The molecule has 0 radical (unpaired) electrons. The minimum absolute atomic E-state index is 0.0580. The first-order valence-electron chi connectivity index (χ1n) is 5.97. The van der Waals surface area contributed by atoms with Crippen molar-refractivity contribution in [1.29, 1.82) is 0 Å². The first kappa shape index (κ1) is 13.1. The van der Waals surface area contributed by atoms with Crippen LogP contribution in [-0.2, 0) is 22.6 Å². The first-order valence-corrected chi connectivity index (χ1v) is 6.72. The average Bonchev–Trinajstić information content (AvgIpc) is 2.83. The summed E-state index contributed by atoms with van der Waals surface area (Å²) in [5.41, 5.74) is 1.48. The van der Waals surface area contributed by atoms with Crippen molar-refractivity contribution in [2.75, 3.05) is 19.7 Å². The van der Waals surface area contributed by atoms with Gasteiger partial charge in [0.25, 0.3) is 5.91 Å². The Bertz CT molecular complexity index is 520. The number of hydrogen-bond acceptors (Lipinski definition) is 5. The molecule has 0 aliphatic carbocycles. The number of aromatic nitrogens is 2. The minimum Gasteiger partial charge on any atom is -0.366 e. The van der Waals surface area contributed by atoms with Gasteiger partial charge in [-0.15, -0.1) is 0 Å². The van der Waals surface area contributed by atoms with E-state index < -0.39 is 6.10 Å². The molecule has 1 unspecified atom stereocenters. The van der Waals surface area contributed by atoms with E-state index in [9.17, 15) is 4.79 Å². The van der Waals surface area contributed by atoms with E-state index in [0.717, 1.165) is 12.1 Å². The number of rotatable bonds is 1. The molecule has 3 rings (SSSR count). The average molecular weight is 303 g/mol. The van der Waals surface area contributed by atoms with E-state index in [1.165, 1.54) is 0 Å². The van der Waals surface area contributed by atoms with Crippen LogP contribution in [0.3, 0.4) is 0 Å². The Morgan fingerprint density at radius 1 is 1.37 bits per heavy atom. The van der Waals surface area contributed by atoms with Crippen molar-refractivity contribution in [3.63, 3.8) is 0 Å². The highest BCUT2D eigenvalue weighted by molar-refractivity contribution is 6.32. The summed E-state index contributed by atoms with van der Waals surface area (Å²) in [7, 11) is 0. The number of nitrogens with one attached hydrogen (secondary N) is 1. The smallest absolute Gasteiger partial charge is 0.253 e. The number of hydrogen-bond donors (Lipinski definition) is 1. The molecule has 19 heavy (non-hydrogen) atoms. The molecule has 102 valence electrons. The molecule has 8 heteroatoms. The van der Waals surface area contributed by atoms with Gasteiger partial charge in [0.1, 0.15) is 11.3 Å². The molecule has 0 spiro atoms. The molecule has 2 aliphatic heterocycles. The lowest BCUT2D eigenvalue weighted by Gasteiger charge is -2.26. The molecule has 1 saturated heterocycles. The third-order valence-electron chi connectivity index (χ3n) is 3.22. The van der Waals surface area contributed by atoms with Gasteiger partial charge in [-0.05, 0) is 11.6 Å². The van der Waals surface area contributed by atoms with Gasteiger partial charge < -0.3 is 15.0 Å². The van der Waals surface area contributed by atoms with Gasteiger partial charge in [0.15, 0.2) is 0 Å². The van der Waals surface area contributed by atoms with Crippen molar-refractivity contribution in [1.82, 2.24) is 20.2 Å². The predicted molar refractivity (Wildman–Crippen MR) is 68.9 cm³/mol. The van der Waals surface area contributed by atoms with E-state index in [4.69, 9.17) is 27.9 Å². The topological polar surface area (TPSA) is 67.3 Å². The molecular formula is C11H12Cl2N4O2. The number of ether oxygens (including phenoxy) is 1. The second-order valence-corrected chi connectivity index (χ2v) is 5.16. The second-order valence-electron chi connectivity index (χ2n) is 4.47. The predicted octanol–water partition coefficient (Wildman–Crippen LogP) is 0.614. The monoisotopic (exact) mass is 302 g/mol. The fraction of sp³-hybridized carbons (Fsp3) is 0.545. The van der Waals surface area contributed by atoms with Crippen LogP contribution >= 0.6 is 23.2 Å². The Morgan fingerprint density at radius 3 is 2.95 bits per heavy atom. The number of carbonyl (C=O) groups is 1. The molecule has 0 aromatic carbocycles. The van der Waals surface area contributed by atoms with E-state index in [1.807, 2.05) is 0 Å². The Balaban J connectivity index is 1.76. The molecule has 1 aromatic rings. The highest BCUT2D eigenvalue weighted by Gasteiger charge is 2.33. The highest BCUT2D eigenvalue weighted by Crippen LogP contribution is 2.28. The van der Waals surface area contributed by atoms with Crippen molar-refractivity contribution < 1.29 is 9.53 Å². The standard InChI is InChI=1S/C11H12Cl2N4O2/c12-9-6-4-17(5-7(6)15-11(13)16-9)10(18)8-3-14-1-2-19-8/h8,14H,1-5H2. The maximum Gasteiger partial charge on any atom is 0.253 e. The largest absolute Gasteiger partial charge is 0.366 e. The number of fused-ring (bicyclic) bond motifs is 1. The Kier molecular flexibility index (Phi) is 3.58. The number of nitrogens with zero attached hydrogens (tertiary/aromatic N) is 3. The van der Waals surface area contributed by atoms with Crippen LogP contribution < -0.4 is 5.32 Å². The summed E-state index contributed by atoms with van der Waals surface area (Å²) < 4.78 is 5.46. The van der Waals surface area contributed by atoms with Crippen LogP contribution in [0, 0.1) is 0 Å². The lowest BCUT2D eigenvalue weighted by Crippen LogP contribution is -2.48. The van der Waals surface area contributed by atoms with Gasteiger partial charge in [0, 0.05) is 18.7 Å². The molecule has 1 fully saturated rings. The van der Waals surface area contributed by atoms with Crippen LogP contribution in [0.5, 0.6) is 0 Å². The maximum absolute atomic E-state index is 12.3. The van der Waals surface area contributed by atoms with Crippen molar-refractivity contribution in [2.24, 2.45) is 0 Å². The van der Waals surface area contributed by atoms with Gasteiger partial charge in [0.2, 0.25) is 5.28 Å². The minimum atomic E-state index is -0.440. The van der Waals surface area contributed by atoms with E-state index in [0.29, 0.717) is 37.1 Å². The van der Waals surface area contributed by atoms with Crippen LogP contribution in [0.4, 0.5) is 0 Å². The van der Waals surface area contributed by atoms with Gasteiger partial charge in [-0.1, -0.05) is 11.6 Å².